The van der Waals surface area contributed by atoms with Crippen LogP contribution >= 0.6 is 0 Å². The van der Waals surface area contributed by atoms with E-state index in [4.69, 9.17) is 9.47 Å². The standard InChI is InChI=1S/C14H17N3O2/c1-2-4-13(5-3-1)6-7-14(18-10-11-19-14)12-17-9-8-15-16-17/h1-5,8-9H,6-7,10-12H2. The number of nitrogens with zero attached hydrogens (tertiary/aromatic N) is 3. The van der Waals surface area contributed by atoms with Crippen LogP contribution in [0.3, 0.4) is 0 Å². The van der Waals surface area contributed by atoms with Crippen LogP contribution in [0.4, 0.5) is 0 Å². The molecule has 0 N–H and O–H groups in total. The molecule has 0 radical (unpaired) electrons. The fraction of sp³-hybridized carbons (Fsp3) is 0.429. The van der Waals surface area contributed by atoms with Gasteiger partial charge in [-0.25, -0.2) is 4.68 Å². The van der Waals surface area contributed by atoms with Crippen molar-refractivity contribution in [3.05, 3.63) is 48.3 Å². The SMILES string of the molecule is c1ccc(CCC2(Cn3ccnn3)OCCO2)cc1. The molecule has 3 rings (SSSR count). The number of benzene rings is 1. The average molecular weight is 259 g/mol. The number of rotatable bonds is 5. The Kier molecular flexibility index (Phi) is 3.57. The highest BCUT2D eigenvalue weighted by atomic mass is 16.7. The monoisotopic (exact) mass is 259 g/mol. The van der Waals surface area contributed by atoms with E-state index in [2.05, 4.69) is 34.6 Å². The van der Waals surface area contributed by atoms with Crippen molar-refractivity contribution in [3.8, 4) is 0 Å². The van der Waals surface area contributed by atoms with Crippen LogP contribution in [0.25, 0.3) is 0 Å². The molecule has 0 atom stereocenters. The minimum Gasteiger partial charge on any atom is -0.346 e. The predicted molar refractivity (Wildman–Crippen MR) is 69.4 cm³/mol. The van der Waals surface area contributed by atoms with Gasteiger partial charge in [0.1, 0.15) is 0 Å². The third kappa shape index (κ3) is 3.00. The second kappa shape index (κ2) is 5.50. The van der Waals surface area contributed by atoms with Crippen molar-refractivity contribution in [1.29, 1.82) is 0 Å². The van der Waals surface area contributed by atoms with Crippen LogP contribution in [0.2, 0.25) is 0 Å². The summed E-state index contributed by atoms with van der Waals surface area (Å²) < 4.78 is 13.4. The van der Waals surface area contributed by atoms with Gasteiger partial charge in [0.2, 0.25) is 0 Å². The second-order valence-corrected chi connectivity index (χ2v) is 4.69. The van der Waals surface area contributed by atoms with Gasteiger partial charge in [-0.2, -0.15) is 0 Å². The summed E-state index contributed by atoms with van der Waals surface area (Å²) in [7, 11) is 0. The third-order valence-electron chi connectivity index (χ3n) is 3.33. The maximum absolute atomic E-state index is 5.82. The summed E-state index contributed by atoms with van der Waals surface area (Å²) in [6, 6.07) is 10.4. The van der Waals surface area contributed by atoms with Crippen LogP contribution < -0.4 is 0 Å². The van der Waals surface area contributed by atoms with E-state index in [1.807, 2.05) is 12.3 Å². The average Bonchev–Trinajstić information content (AvgIpc) is 3.11. The highest BCUT2D eigenvalue weighted by molar-refractivity contribution is 5.14. The number of aryl methyl sites for hydroxylation is 1. The summed E-state index contributed by atoms with van der Waals surface area (Å²) in [5.74, 6) is -0.566. The first-order chi connectivity index (χ1) is 9.36. The molecule has 1 fully saturated rings. The molecule has 1 aliphatic heterocycles. The summed E-state index contributed by atoms with van der Waals surface area (Å²) in [5.41, 5.74) is 1.29. The van der Waals surface area contributed by atoms with E-state index < -0.39 is 5.79 Å². The summed E-state index contributed by atoms with van der Waals surface area (Å²) in [6.45, 7) is 1.87. The lowest BCUT2D eigenvalue weighted by Crippen LogP contribution is -2.36. The topological polar surface area (TPSA) is 49.2 Å². The Labute approximate surface area is 112 Å². The zero-order valence-electron chi connectivity index (χ0n) is 10.7. The first kappa shape index (κ1) is 12.3. The lowest BCUT2D eigenvalue weighted by Gasteiger charge is -2.27. The maximum Gasteiger partial charge on any atom is 0.188 e. The van der Waals surface area contributed by atoms with E-state index in [1.54, 1.807) is 10.9 Å². The zero-order chi connectivity index (χ0) is 13.0. The molecule has 1 aromatic carbocycles. The van der Waals surface area contributed by atoms with E-state index in [0.717, 1.165) is 12.8 Å². The smallest absolute Gasteiger partial charge is 0.188 e. The fourth-order valence-electron chi connectivity index (χ4n) is 2.36. The number of hydrogen-bond acceptors (Lipinski definition) is 4. The van der Waals surface area contributed by atoms with Crippen LogP contribution in [-0.4, -0.2) is 34.0 Å². The molecule has 5 nitrogen and oxygen atoms in total. The van der Waals surface area contributed by atoms with Gasteiger partial charge in [-0.05, 0) is 12.0 Å². The van der Waals surface area contributed by atoms with E-state index in [-0.39, 0.29) is 0 Å². The molecule has 0 spiro atoms. The first-order valence-corrected chi connectivity index (χ1v) is 6.52. The van der Waals surface area contributed by atoms with E-state index in [1.165, 1.54) is 5.56 Å². The minimum absolute atomic E-state index is 0.566. The maximum atomic E-state index is 5.82. The highest BCUT2D eigenvalue weighted by Gasteiger charge is 2.36. The predicted octanol–water partition coefficient (Wildman–Crippen LogP) is 1.65. The quantitative estimate of drug-likeness (QED) is 0.819. The molecule has 2 aromatic rings. The lowest BCUT2D eigenvalue weighted by molar-refractivity contribution is -0.173. The molecule has 1 aromatic heterocycles. The molecule has 0 amide bonds. The van der Waals surface area contributed by atoms with E-state index in [9.17, 15) is 0 Å². The Morgan fingerprint density at radius 3 is 2.63 bits per heavy atom. The Bertz CT molecular complexity index is 493. The van der Waals surface area contributed by atoms with Crippen LogP contribution in [0.1, 0.15) is 12.0 Å². The van der Waals surface area contributed by atoms with Crippen molar-refractivity contribution in [1.82, 2.24) is 15.0 Å². The molecule has 0 bridgehead atoms. The largest absolute Gasteiger partial charge is 0.346 e. The lowest BCUT2D eigenvalue weighted by atomic mass is 10.0. The van der Waals surface area contributed by atoms with Crippen LogP contribution in [0, 0.1) is 0 Å². The van der Waals surface area contributed by atoms with Gasteiger partial charge in [0.25, 0.3) is 0 Å². The third-order valence-corrected chi connectivity index (χ3v) is 3.33. The molecule has 0 unspecified atom stereocenters. The van der Waals surface area contributed by atoms with Crippen molar-refractivity contribution in [2.75, 3.05) is 13.2 Å². The summed E-state index contributed by atoms with van der Waals surface area (Å²) in [5, 5.41) is 7.80. The van der Waals surface area contributed by atoms with Crippen molar-refractivity contribution >= 4 is 0 Å². The fourth-order valence-corrected chi connectivity index (χ4v) is 2.36. The van der Waals surface area contributed by atoms with Crippen LogP contribution in [0.15, 0.2) is 42.7 Å². The molecule has 1 aliphatic rings. The molecular weight excluding hydrogens is 242 g/mol. The Morgan fingerprint density at radius 2 is 1.95 bits per heavy atom. The number of ether oxygens (including phenoxy) is 2. The van der Waals surface area contributed by atoms with E-state index in [0.29, 0.717) is 19.8 Å². The van der Waals surface area contributed by atoms with Crippen LogP contribution in [0.5, 0.6) is 0 Å². The van der Waals surface area contributed by atoms with Gasteiger partial charge in [0.15, 0.2) is 5.79 Å². The minimum atomic E-state index is -0.566. The van der Waals surface area contributed by atoms with Gasteiger partial charge in [-0.3, -0.25) is 0 Å². The summed E-state index contributed by atoms with van der Waals surface area (Å²) >= 11 is 0. The molecule has 0 saturated carbocycles. The van der Waals surface area contributed by atoms with Gasteiger partial charge < -0.3 is 9.47 Å². The van der Waals surface area contributed by atoms with Crippen molar-refractivity contribution < 1.29 is 9.47 Å². The van der Waals surface area contributed by atoms with Crippen molar-refractivity contribution in [3.63, 3.8) is 0 Å². The second-order valence-electron chi connectivity index (χ2n) is 4.69. The molecular formula is C14H17N3O2. The zero-order valence-corrected chi connectivity index (χ0v) is 10.7. The van der Waals surface area contributed by atoms with Gasteiger partial charge >= 0.3 is 0 Å². The van der Waals surface area contributed by atoms with Crippen molar-refractivity contribution in [2.24, 2.45) is 0 Å². The molecule has 2 heterocycles. The highest BCUT2D eigenvalue weighted by Crippen LogP contribution is 2.27. The van der Waals surface area contributed by atoms with Gasteiger partial charge in [-0.1, -0.05) is 35.5 Å². The van der Waals surface area contributed by atoms with Gasteiger partial charge in [-0.15, -0.1) is 5.10 Å². The van der Waals surface area contributed by atoms with Crippen molar-refractivity contribution in [2.45, 2.75) is 25.2 Å². The number of hydrogen-bond donors (Lipinski definition) is 0. The molecule has 19 heavy (non-hydrogen) atoms. The Balaban J connectivity index is 1.67. The van der Waals surface area contributed by atoms with Gasteiger partial charge in [0.05, 0.1) is 26.0 Å². The Morgan fingerprint density at radius 1 is 1.16 bits per heavy atom. The first-order valence-electron chi connectivity index (χ1n) is 6.52. The van der Waals surface area contributed by atoms with E-state index >= 15 is 0 Å². The summed E-state index contributed by atoms with van der Waals surface area (Å²) in [4.78, 5) is 0. The number of aromatic nitrogens is 3. The normalized spacial score (nSPS) is 17.7. The summed E-state index contributed by atoms with van der Waals surface area (Å²) in [6.07, 6.45) is 5.24. The molecule has 1 saturated heterocycles. The molecule has 5 heteroatoms. The molecule has 0 aliphatic carbocycles. The van der Waals surface area contributed by atoms with Gasteiger partial charge in [0, 0.05) is 12.6 Å². The van der Waals surface area contributed by atoms with Crippen LogP contribution in [-0.2, 0) is 22.4 Å². The molecule has 100 valence electrons. The Hall–Kier alpha value is -1.72.